The van der Waals surface area contributed by atoms with E-state index in [1.54, 1.807) is 0 Å². The van der Waals surface area contributed by atoms with Gasteiger partial charge in [-0.1, -0.05) is 4.49 Å². The molecule has 1 saturated carbocycles. The molecule has 1 fully saturated rings. The lowest BCUT2D eigenvalue weighted by molar-refractivity contribution is -0.122. The zero-order valence-electron chi connectivity index (χ0n) is 9.14. The maximum Gasteiger partial charge on any atom is 0.234 e. The summed E-state index contributed by atoms with van der Waals surface area (Å²) in [6.07, 6.45) is 2.22. The summed E-state index contributed by atoms with van der Waals surface area (Å²) in [5, 5.41) is 7.46. The van der Waals surface area contributed by atoms with Crippen LogP contribution in [-0.4, -0.2) is 40.0 Å². The Morgan fingerprint density at radius 2 is 2.44 bits per heavy atom. The van der Waals surface area contributed by atoms with E-state index in [1.807, 2.05) is 11.9 Å². The minimum Gasteiger partial charge on any atom is -0.388 e. The molecule has 0 atom stereocenters. The van der Waals surface area contributed by atoms with Gasteiger partial charge in [-0.25, -0.2) is 0 Å². The molecule has 1 aromatic heterocycles. The van der Waals surface area contributed by atoms with Crippen molar-refractivity contribution in [3.05, 3.63) is 5.69 Å². The normalized spacial score (nSPS) is 15.4. The smallest absolute Gasteiger partial charge is 0.234 e. The monoisotopic (exact) mass is 241 g/mol. The molecule has 1 amide bonds. The van der Waals surface area contributed by atoms with Crippen LogP contribution in [0, 0.1) is 0 Å². The van der Waals surface area contributed by atoms with Crippen LogP contribution >= 0.6 is 11.5 Å². The number of aromatic nitrogens is 2. The summed E-state index contributed by atoms with van der Waals surface area (Å²) in [5.41, 5.74) is 6.42. The van der Waals surface area contributed by atoms with Crippen molar-refractivity contribution in [1.82, 2.24) is 19.8 Å². The van der Waals surface area contributed by atoms with Crippen LogP contribution in [0.4, 0.5) is 5.00 Å². The van der Waals surface area contributed by atoms with Crippen molar-refractivity contribution in [2.24, 2.45) is 0 Å². The quantitative estimate of drug-likeness (QED) is 0.747. The van der Waals surface area contributed by atoms with Crippen LogP contribution in [-0.2, 0) is 11.3 Å². The van der Waals surface area contributed by atoms with Crippen LogP contribution in [0.2, 0.25) is 0 Å². The third-order valence-electron chi connectivity index (χ3n) is 2.36. The number of likely N-dealkylation sites (N-methyl/N-ethyl adjacent to an activating group) is 1. The number of carbonyl (C=O) groups is 1. The standard InChI is InChI=1S/C9H15N5OS/c1-14(4-7-9(10)16-13-12-7)5-8(15)11-6-2-3-6/h6H,2-5,10H2,1H3,(H,11,15). The van der Waals surface area contributed by atoms with Gasteiger partial charge in [0.2, 0.25) is 5.91 Å². The summed E-state index contributed by atoms with van der Waals surface area (Å²) < 4.78 is 3.75. The Hall–Kier alpha value is -1.21. The molecule has 1 heterocycles. The second-order valence-electron chi connectivity index (χ2n) is 4.10. The van der Waals surface area contributed by atoms with E-state index in [1.165, 1.54) is 11.5 Å². The lowest BCUT2D eigenvalue weighted by Crippen LogP contribution is -2.36. The highest BCUT2D eigenvalue weighted by Crippen LogP contribution is 2.18. The van der Waals surface area contributed by atoms with Crippen LogP contribution < -0.4 is 11.1 Å². The van der Waals surface area contributed by atoms with E-state index in [9.17, 15) is 4.79 Å². The van der Waals surface area contributed by atoms with Gasteiger partial charge in [0.15, 0.2) is 0 Å². The molecule has 16 heavy (non-hydrogen) atoms. The first kappa shape index (κ1) is 11.3. The highest BCUT2D eigenvalue weighted by Gasteiger charge is 2.23. The van der Waals surface area contributed by atoms with Crippen molar-refractivity contribution in [3.8, 4) is 0 Å². The van der Waals surface area contributed by atoms with Crippen molar-refractivity contribution in [2.45, 2.75) is 25.4 Å². The van der Waals surface area contributed by atoms with Gasteiger partial charge in [-0.15, -0.1) is 5.10 Å². The molecule has 6 nitrogen and oxygen atoms in total. The van der Waals surface area contributed by atoms with Gasteiger partial charge in [0.25, 0.3) is 0 Å². The number of nitrogens with one attached hydrogen (secondary N) is 1. The van der Waals surface area contributed by atoms with Gasteiger partial charge in [0.05, 0.1) is 6.54 Å². The molecule has 1 aromatic rings. The second-order valence-corrected chi connectivity index (χ2v) is 4.88. The van der Waals surface area contributed by atoms with E-state index < -0.39 is 0 Å². The predicted octanol–water partition coefficient (Wildman–Crippen LogP) is -0.169. The topological polar surface area (TPSA) is 84.1 Å². The van der Waals surface area contributed by atoms with Crippen molar-refractivity contribution >= 4 is 22.4 Å². The van der Waals surface area contributed by atoms with E-state index in [-0.39, 0.29) is 5.91 Å². The second kappa shape index (κ2) is 4.75. The Morgan fingerprint density at radius 3 is 3.00 bits per heavy atom. The summed E-state index contributed by atoms with van der Waals surface area (Å²) in [6.45, 7) is 0.924. The minimum atomic E-state index is 0.0618. The number of carbonyl (C=O) groups excluding carboxylic acids is 1. The summed E-state index contributed by atoms with van der Waals surface area (Å²) >= 11 is 1.18. The van der Waals surface area contributed by atoms with Crippen molar-refractivity contribution in [3.63, 3.8) is 0 Å². The fourth-order valence-electron chi connectivity index (χ4n) is 1.38. The average Bonchev–Trinajstić information content (AvgIpc) is 2.91. The number of amides is 1. The van der Waals surface area contributed by atoms with Crippen LogP contribution in [0.3, 0.4) is 0 Å². The Labute approximate surface area is 98.0 Å². The third-order valence-corrected chi connectivity index (χ3v) is 2.96. The zero-order valence-corrected chi connectivity index (χ0v) is 9.96. The van der Waals surface area contributed by atoms with E-state index in [2.05, 4.69) is 14.9 Å². The molecule has 0 bridgehead atoms. The molecule has 0 radical (unpaired) electrons. The maximum atomic E-state index is 11.5. The van der Waals surface area contributed by atoms with Crippen molar-refractivity contribution in [1.29, 1.82) is 0 Å². The number of hydrogen-bond donors (Lipinski definition) is 2. The predicted molar refractivity (Wildman–Crippen MR) is 61.8 cm³/mol. The number of anilines is 1. The number of hydrogen-bond acceptors (Lipinski definition) is 6. The molecule has 7 heteroatoms. The Balaban J connectivity index is 1.76. The largest absolute Gasteiger partial charge is 0.388 e. The van der Waals surface area contributed by atoms with Crippen molar-refractivity contribution < 1.29 is 4.79 Å². The first-order valence-corrected chi connectivity index (χ1v) is 5.97. The summed E-state index contributed by atoms with van der Waals surface area (Å²) in [6, 6.07) is 0.409. The minimum absolute atomic E-state index is 0.0618. The summed E-state index contributed by atoms with van der Waals surface area (Å²) in [4.78, 5) is 13.4. The number of nitrogens with two attached hydrogens (primary N) is 1. The van der Waals surface area contributed by atoms with Crippen LogP contribution in [0.25, 0.3) is 0 Å². The van der Waals surface area contributed by atoms with E-state index >= 15 is 0 Å². The summed E-state index contributed by atoms with van der Waals surface area (Å²) in [7, 11) is 1.87. The van der Waals surface area contributed by atoms with Crippen LogP contribution in [0.1, 0.15) is 18.5 Å². The first-order valence-electron chi connectivity index (χ1n) is 5.20. The Morgan fingerprint density at radius 1 is 1.69 bits per heavy atom. The molecule has 3 N–H and O–H groups in total. The Bertz CT molecular complexity index is 376. The van der Waals surface area contributed by atoms with Crippen molar-refractivity contribution in [2.75, 3.05) is 19.3 Å². The molecule has 0 unspecified atom stereocenters. The van der Waals surface area contributed by atoms with Gasteiger partial charge < -0.3 is 11.1 Å². The van der Waals surface area contributed by atoms with Gasteiger partial charge in [-0.05, 0) is 19.9 Å². The first-order chi connectivity index (χ1) is 7.65. The molecular weight excluding hydrogens is 226 g/mol. The van der Waals surface area contributed by atoms with E-state index in [4.69, 9.17) is 5.73 Å². The molecule has 0 aromatic carbocycles. The third kappa shape index (κ3) is 3.14. The molecular formula is C9H15N5OS. The highest BCUT2D eigenvalue weighted by atomic mass is 32.1. The molecule has 2 rings (SSSR count). The van der Waals surface area contributed by atoms with Gasteiger partial charge in [0, 0.05) is 24.1 Å². The molecule has 1 aliphatic carbocycles. The molecule has 88 valence electrons. The zero-order chi connectivity index (χ0) is 11.5. The molecule has 0 aliphatic heterocycles. The van der Waals surface area contributed by atoms with E-state index in [0.29, 0.717) is 24.1 Å². The maximum absolute atomic E-state index is 11.5. The van der Waals surface area contributed by atoms with Gasteiger partial charge in [-0.3, -0.25) is 9.69 Å². The lowest BCUT2D eigenvalue weighted by atomic mass is 10.4. The van der Waals surface area contributed by atoms with E-state index in [0.717, 1.165) is 18.5 Å². The number of nitrogens with zero attached hydrogens (tertiary/aromatic N) is 3. The summed E-state index contributed by atoms with van der Waals surface area (Å²) in [5.74, 6) is 0.0618. The highest BCUT2D eigenvalue weighted by molar-refractivity contribution is 7.09. The van der Waals surface area contributed by atoms with Gasteiger partial charge in [-0.2, -0.15) is 0 Å². The number of rotatable bonds is 5. The molecule has 1 aliphatic rings. The molecule has 0 spiro atoms. The number of nitrogen functional groups attached to an aromatic ring is 1. The Kier molecular flexibility index (Phi) is 3.35. The molecule has 0 saturated heterocycles. The van der Waals surface area contributed by atoms with Crippen LogP contribution in [0.15, 0.2) is 0 Å². The fourth-order valence-corrected chi connectivity index (χ4v) is 1.82. The SMILES string of the molecule is CN(CC(=O)NC1CC1)Cc1nnsc1N. The van der Waals surface area contributed by atoms with Gasteiger partial charge in [0.1, 0.15) is 10.7 Å². The average molecular weight is 241 g/mol. The fraction of sp³-hybridized carbons (Fsp3) is 0.667. The van der Waals surface area contributed by atoms with Gasteiger partial charge >= 0.3 is 0 Å². The lowest BCUT2D eigenvalue weighted by Gasteiger charge is -2.14. The van der Waals surface area contributed by atoms with Crippen LogP contribution in [0.5, 0.6) is 0 Å².